The molecule has 2 atom stereocenters. The van der Waals surface area contributed by atoms with Gasteiger partial charge in [0, 0.05) is 37.2 Å². The fourth-order valence-electron chi connectivity index (χ4n) is 6.40. The van der Waals surface area contributed by atoms with Gasteiger partial charge in [0.1, 0.15) is 6.54 Å². The van der Waals surface area contributed by atoms with Crippen LogP contribution >= 0.6 is 0 Å². The van der Waals surface area contributed by atoms with Gasteiger partial charge in [0.15, 0.2) is 0 Å². The van der Waals surface area contributed by atoms with Gasteiger partial charge < -0.3 is 26.0 Å². The fraction of sp³-hybridized carbons (Fsp3) is 0.515. The van der Waals surface area contributed by atoms with Gasteiger partial charge in [-0.25, -0.2) is 4.79 Å². The first-order valence-electron chi connectivity index (χ1n) is 15.0. The van der Waals surface area contributed by atoms with Crippen LogP contribution in [0.15, 0.2) is 54.6 Å². The molecule has 1 aliphatic carbocycles. The Hall–Kier alpha value is -3.88. The van der Waals surface area contributed by atoms with Crippen LogP contribution in [0.5, 0.6) is 0 Å². The van der Waals surface area contributed by atoms with Crippen molar-refractivity contribution in [1.82, 2.24) is 16.0 Å². The van der Waals surface area contributed by atoms with E-state index >= 15 is 0 Å². The molecular weight excluding hydrogens is 532 g/mol. The van der Waals surface area contributed by atoms with E-state index in [0.29, 0.717) is 31.1 Å². The SMILES string of the molecule is CC(C)(C)C(C(=O)O)C1CCC(=O)N(CC(=O)NCC2CCC(NC(=O)NCc3ccccc3)CC2)c2ccccc21. The lowest BCUT2D eigenvalue weighted by molar-refractivity contribution is -0.147. The number of carbonyl (C=O) groups is 4. The summed E-state index contributed by atoms with van der Waals surface area (Å²) in [7, 11) is 0. The van der Waals surface area contributed by atoms with Crippen molar-refractivity contribution in [2.75, 3.05) is 18.0 Å². The summed E-state index contributed by atoms with van der Waals surface area (Å²) in [6.07, 6.45) is 4.07. The van der Waals surface area contributed by atoms with Gasteiger partial charge in [0.2, 0.25) is 11.8 Å². The number of urea groups is 1. The van der Waals surface area contributed by atoms with Crippen LogP contribution in [0.3, 0.4) is 0 Å². The predicted octanol–water partition coefficient (Wildman–Crippen LogP) is 4.82. The third-order valence-corrected chi connectivity index (χ3v) is 8.57. The van der Waals surface area contributed by atoms with Gasteiger partial charge >= 0.3 is 12.0 Å². The van der Waals surface area contributed by atoms with Gasteiger partial charge in [-0.15, -0.1) is 0 Å². The Labute approximate surface area is 248 Å². The maximum atomic E-state index is 13.2. The van der Waals surface area contributed by atoms with E-state index in [-0.39, 0.29) is 42.8 Å². The lowest BCUT2D eigenvalue weighted by atomic mass is 9.69. The molecule has 9 heteroatoms. The Morgan fingerprint density at radius 3 is 2.26 bits per heavy atom. The average Bonchev–Trinajstić information content (AvgIpc) is 3.08. The zero-order valence-electron chi connectivity index (χ0n) is 24.9. The van der Waals surface area contributed by atoms with Crippen LogP contribution in [-0.2, 0) is 20.9 Å². The Morgan fingerprint density at radius 2 is 1.60 bits per heavy atom. The molecular formula is C33H44N4O5. The molecule has 1 heterocycles. The number of rotatable bonds is 9. The van der Waals surface area contributed by atoms with Crippen molar-refractivity contribution in [3.8, 4) is 0 Å². The van der Waals surface area contributed by atoms with E-state index in [4.69, 9.17) is 0 Å². The van der Waals surface area contributed by atoms with E-state index in [0.717, 1.165) is 36.8 Å². The highest BCUT2D eigenvalue weighted by Gasteiger charge is 2.42. The third-order valence-electron chi connectivity index (χ3n) is 8.57. The van der Waals surface area contributed by atoms with Crippen LogP contribution in [0, 0.1) is 17.3 Å². The molecule has 2 aliphatic rings. The first kappa shape index (κ1) is 31.1. The molecule has 2 aromatic carbocycles. The van der Waals surface area contributed by atoms with Crippen LogP contribution in [-0.4, -0.2) is 48.1 Å². The number of aliphatic carboxylic acids is 1. The van der Waals surface area contributed by atoms with Crippen LogP contribution < -0.4 is 20.9 Å². The summed E-state index contributed by atoms with van der Waals surface area (Å²) in [6, 6.07) is 17.1. The molecule has 9 nitrogen and oxygen atoms in total. The summed E-state index contributed by atoms with van der Waals surface area (Å²) >= 11 is 0. The van der Waals surface area contributed by atoms with E-state index in [1.807, 2.05) is 75.4 Å². The lowest BCUT2D eigenvalue weighted by Crippen LogP contribution is -2.45. The summed E-state index contributed by atoms with van der Waals surface area (Å²) in [6.45, 7) is 6.64. The number of carbonyl (C=O) groups excluding carboxylic acids is 3. The van der Waals surface area contributed by atoms with Crippen LogP contribution in [0.4, 0.5) is 10.5 Å². The normalized spacial score (nSPS) is 21.5. The largest absolute Gasteiger partial charge is 0.481 e. The molecule has 0 bridgehead atoms. The summed E-state index contributed by atoms with van der Waals surface area (Å²) in [5, 5.41) is 19.1. The minimum atomic E-state index is -0.876. The van der Waals surface area contributed by atoms with E-state index in [1.165, 1.54) is 4.90 Å². The molecule has 4 rings (SSSR count). The number of benzene rings is 2. The minimum Gasteiger partial charge on any atom is -0.481 e. The van der Waals surface area contributed by atoms with Crippen molar-refractivity contribution in [2.45, 2.75) is 77.8 Å². The Morgan fingerprint density at radius 1 is 0.929 bits per heavy atom. The quantitative estimate of drug-likeness (QED) is 0.340. The summed E-state index contributed by atoms with van der Waals surface area (Å²) < 4.78 is 0. The van der Waals surface area contributed by atoms with Gasteiger partial charge in [0.25, 0.3) is 0 Å². The molecule has 42 heavy (non-hydrogen) atoms. The molecule has 4 N–H and O–H groups in total. The molecule has 1 saturated carbocycles. The number of hydrogen-bond donors (Lipinski definition) is 4. The number of nitrogens with zero attached hydrogens (tertiary/aromatic N) is 1. The first-order valence-corrected chi connectivity index (χ1v) is 15.0. The van der Waals surface area contributed by atoms with Gasteiger partial charge in [0.05, 0.1) is 5.92 Å². The van der Waals surface area contributed by atoms with E-state index in [2.05, 4.69) is 16.0 Å². The molecule has 0 radical (unpaired) electrons. The van der Waals surface area contributed by atoms with E-state index < -0.39 is 17.3 Å². The van der Waals surface area contributed by atoms with Crippen LogP contribution in [0.25, 0.3) is 0 Å². The van der Waals surface area contributed by atoms with Crippen molar-refractivity contribution in [2.24, 2.45) is 17.3 Å². The van der Waals surface area contributed by atoms with E-state index in [9.17, 15) is 24.3 Å². The number of carboxylic acid groups (broad SMARTS) is 1. The van der Waals surface area contributed by atoms with E-state index in [1.54, 1.807) is 0 Å². The molecule has 0 saturated heterocycles. The maximum absolute atomic E-state index is 13.2. The van der Waals surface area contributed by atoms with Crippen molar-refractivity contribution < 1.29 is 24.3 Å². The molecule has 1 aliphatic heterocycles. The Bertz CT molecular complexity index is 1250. The van der Waals surface area contributed by atoms with Gasteiger partial charge in [-0.1, -0.05) is 69.3 Å². The zero-order chi connectivity index (χ0) is 30.3. The highest BCUT2D eigenvalue weighted by Crippen LogP contribution is 2.45. The zero-order valence-corrected chi connectivity index (χ0v) is 24.9. The minimum absolute atomic E-state index is 0.103. The Kier molecular flexibility index (Phi) is 10.2. The smallest absolute Gasteiger partial charge is 0.315 e. The van der Waals surface area contributed by atoms with Gasteiger partial charge in [-0.2, -0.15) is 0 Å². The average molecular weight is 577 g/mol. The van der Waals surface area contributed by atoms with Crippen molar-refractivity contribution >= 4 is 29.5 Å². The molecule has 1 fully saturated rings. The maximum Gasteiger partial charge on any atom is 0.315 e. The molecule has 0 spiro atoms. The highest BCUT2D eigenvalue weighted by atomic mass is 16.4. The van der Waals surface area contributed by atoms with Gasteiger partial charge in [-0.3, -0.25) is 14.4 Å². The first-order chi connectivity index (χ1) is 20.0. The van der Waals surface area contributed by atoms with Crippen LogP contribution in [0.1, 0.15) is 76.3 Å². The number of amides is 4. The van der Waals surface area contributed by atoms with Gasteiger partial charge in [-0.05, 0) is 60.6 Å². The number of anilines is 1. The number of nitrogens with one attached hydrogen (secondary N) is 3. The number of fused-ring (bicyclic) bond motifs is 1. The summed E-state index contributed by atoms with van der Waals surface area (Å²) in [5.74, 6) is -1.98. The second kappa shape index (κ2) is 13.9. The second-order valence-corrected chi connectivity index (χ2v) is 12.7. The number of hydrogen-bond acceptors (Lipinski definition) is 4. The van der Waals surface area contributed by atoms with Crippen LogP contribution in [0.2, 0.25) is 0 Å². The second-order valence-electron chi connectivity index (χ2n) is 12.7. The fourth-order valence-corrected chi connectivity index (χ4v) is 6.40. The molecule has 226 valence electrons. The van der Waals surface area contributed by atoms with Crippen molar-refractivity contribution in [3.05, 3.63) is 65.7 Å². The molecule has 0 aromatic heterocycles. The van der Waals surface area contributed by atoms with Crippen molar-refractivity contribution in [1.29, 1.82) is 0 Å². The number of para-hydroxylation sites is 1. The molecule has 2 unspecified atom stereocenters. The summed E-state index contributed by atoms with van der Waals surface area (Å²) in [5.41, 5.74) is 1.97. The van der Waals surface area contributed by atoms with Crippen molar-refractivity contribution in [3.63, 3.8) is 0 Å². The number of carboxylic acids is 1. The predicted molar refractivity (Wildman–Crippen MR) is 162 cm³/mol. The monoisotopic (exact) mass is 576 g/mol. The molecule has 2 aromatic rings. The standard InChI is InChI=1S/C33H44N4O5/c1-33(2,3)30(31(40)41)26-17-18-29(39)37(27-12-8-7-11-25(26)27)21-28(38)34-19-23-13-15-24(16-14-23)36-32(42)35-20-22-9-5-4-6-10-22/h4-12,23-24,26,30H,13-21H2,1-3H3,(H,34,38)(H,40,41)(H2,35,36,42). The summed E-state index contributed by atoms with van der Waals surface area (Å²) in [4.78, 5) is 52.4. The Balaban J connectivity index is 1.28. The molecule has 4 amide bonds. The topological polar surface area (TPSA) is 128 Å². The lowest BCUT2D eigenvalue weighted by Gasteiger charge is -2.34. The highest BCUT2D eigenvalue weighted by molar-refractivity contribution is 6.00. The third kappa shape index (κ3) is 8.11.